The van der Waals surface area contributed by atoms with E-state index in [4.69, 9.17) is 5.10 Å². The van der Waals surface area contributed by atoms with E-state index in [1.807, 2.05) is 33.9 Å². The van der Waals surface area contributed by atoms with E-state index in [2.05, 4.69) is 57.5 Å². The molecule has 1 fully saturated rings. The summed E-state index contributed by atoms with van der Waals surface area (Å²) in [6, 6.07) is 14.7. The number of aryl methyl sites for hydroxylation is 1. The quantitative estimate of drug-likeness (QED) is 0.569. The average molecular weight is 387 g/mol. The summed E-state index contributed by atoms with van der Waals surface area (Å²) in [6.07, 6.45) is 7.81. The van der Waals surface area contributed by atoms with Crippen LogP contribution < -0.4 is 0 Å². The van der Waals surface area contributed by atoms with Crippen LogP contribution in [0.1, 0.15) is 35.7 Å². The molecule has 1 N–H and O–H groups in total. The maximum absolute atomic E-state index is 5.01. The second-order valence-electron chi connectivity index (χ2n) is 7.76. The molecule has 0 aliphatic carbocycles. The Balaban J connectivity index is 1.38. The van der Waals surface area contributed by atoms with Crippen LogP contribution in [0.2, 0.25) is 0 Å². The third-order valence-electron chi connectivity index (χ3n) is 5.69. The van der Waals surface area contributed by atoms with Crippen molar-refractivity contribution in [1.82, 2.24) is 34.7 Å². The summed E-state index contributed by atoms with van der Waals surface area (Å²) in [5.74, 6) is 1.45. The number of likely N-dealkylation sites (tertiary alicyclic amines) is 1. The van der Waals surface area contributed by atoms with Crippen molar-refractivity contribution in [3.63, 3.8) is 0 Å². The van der Waals surface area contributed by atoms with E-state index in [9.17, 15) is 0 Å². The third-order valence-corrected chi connectivity index (χ3v) is 5.69. The molecule has 7 nitrogen and oxygen atoms in total. The van der Waals surface area contributed by atoms with E-state index in [0.29, 0.717) is 5.92 Å². The zero-order chi connectivity index (χ0) is 19.6. The summed E-state index contributed by atoms with van der Waals surface area (Å²) < 4.78 is 3.91. The molecule has 7 heteroatoms. The van der Waals surface area contributed by atoms with E-state index in [1.54, 1.807) is 6.20 Å². The number of hydrogen-bond acceptors (Lipinski definition) is 4. The van der Waals surface area contributed by atoms with Gasteiger partial charge in [0.05, 0.1) is 11.4 Å². The minimum Gasteiger partial charge on any atom is -0.297 e. The molecule has 148 valence electrons. The summed E-state index contributed by atoms with van der Waals surface area (Å²) in [7, 11) is 0. The molecule has 1 aliphatic rings. The summed E-state index contributed by atoms with van der Waals surface area (Å²) in [5.41, 5.74) is 4.63. The van der Waals surface area contributed by atoms with Crippen molar-refractivity contribution in [2.75, 3.05) is 13.1 Å². The predicted molar refractivity (Wildman–Crippen MR) is 111 cm³/mol. The molecule has 1 aromatic carbocycles. The topological polar surface area (TPSA) is 67.6 Å². The molecular weight excluding hydrogens is 362 g/mol. The first-order chi connectivity index (χ1) is 14.3. The molecule has 0 unspecified atom stereocenters. The molecule has 4 heterocycles. The molecule has 0 amide bonds. The van der Waals surface area contributed by atoms with Crippen LogP contribution in [0.4, 0.5) is 0 Å². The van der Waals surface area contributed by atoms with Gasteiger partial charge in [0.2, 0.25) is 0 Å². The Hall–Kier alpha value is -3.19. The van der Waals surface area contributed by atoms with Crippen molar-refractivity contribution in [3.8, 4) is 11.5 Å². The number of piperidine rings is 1. The third kappa shape index (κ3) is 3.73. The first kappa shape index (κ1) is 17.9. The highest BCUT2D eigenvalue weighted by Crippen LogP contribution is 2.30. The Morgan fingerprint density at radius 2 is 1.90 bits per heavy atom. The fourth-order valence-corrected chi connectivity index (χ4v) is 4.03. The molecular formula is C22H25N7. The molecule has 0 bridgehead atoms. The lowest BCUT2D eigenvalue weighted by molar-refractivity contribution is 0.201. The lowest BCUT2D eigenvalue weighted by Crippen LogP contribution is -2.32. The molecule has 0 radical (unpaired) electrons. The van der Waals surface area contributed by atoms with Crippen molar-refractivity contribution >= 4 is 0 Å². The lowest BCUT2D eigenvalue weighted by atomic mass is 9.93. The molecule has 1 saturated heterocycles. The van der Waals surface area contributed by atoms with Crippen LogP contribution in [0, 0.1) is 6.92 Å². The number of benzene rings is 1. The number of nitrogens with zero attached hydrogens (tertiary/aromatic N) is 6. The van der Waals surface area contributed by atoms with Crippen LogP contribution >= 0.6 is 0 Å². The van der Waals surface area contributed by atoms with Gasteiger partial charge in [-0.05, 0) is 57.1 Å². The van der Waals surface area contributed by atoms with Gasteiger partial charge < -0.3 is 0 Å². The van der Waals surface area contributed by atoms with Crippen LogP contribution in [-0.2, 0) is 6.54 Å². The van der Waals surface area contributed by atoms with Crippen molar-refractivity contribution in [3.05, 3.63) is 78.0 Å². The largest absolute Gasteiger partial charge is 0.297 e. The van der Waals surface area contributed by atoms with Gasteiger partial charge in [-0.25, -0.2) is 9.36 Å². The minimum absolute atomic E-state index is 0.467. The summed E-state index contributed by atoms with van der Waals surface area (Å²) in [4.78, 5) is 2.48. The Morgan fingerprint density at radius 1 is 1.07 bits per heavy atom. The van der Waals surface area contributed by atoms with Crippen molar-refractivity contribution in [1.29, 1.82) is 0 Å². The van der Waals surface area contributed by atoms with Gasteiger partial charge in [0.15, 0.2) is 5.82 Å². The van der Waals surface area contributed by atoms with Crippen LogP contribution in [0.3, 0.4) is 0 Å². The average Bonchev–Trinajstić information content (AvgIpc) is 3.51. The van der Waals surface area contributed by atoms with E-state index < -0.39 is 0 Å². The van der Waals surface area contributed by atoms with E-state index in [0.717, 1.165) is 49.7 Å². The van der Waals surface area contributed by atoms with Gasteiger partial charge in [-0.1, -0.05) is 17.7 Å². The highest BCUT2D eigenvalue weighted by Gasteiger charge is 2.24. The number of nitrogens with one attached hydrogen (secondary N) is 1. The Kier molecular flexibility index (Phi) is 4.73. The van der Waals surface area contributed by atoms with Crippen LogP contribution in [-0.4, -0.2) is 47.7 Å². The molecule has 3 aromatic heterocycles. The highest BCUT2D eigenvalue weighted by molar-refractivity contribution is 5.41. The maximum Gasteiger partial charge on any atom is 0.157 e. The van der Waals surface area contributed by atoms with E-state index in [1.165, 1.54) is 11.3 Å². The van der Waals surface area contributed by atoms with Gasteiger partial charge in [-0.15, -0.1) is 0 Å². The van der Waals surface area contributed by atoms with Crippen LogP contribution in [0.15, 0.2) is 61.1 Å². The molecule has 0 saturated carbocycles. The zero-order valence-electron chi connectivity index (χ0n) is 16.6. The summed E-state index contributed by atoms with van der Waals surface area (Å²) >= 11 is 0. The zero-order valence-corrected chi connectivity index (χ0v) is 16.6. The van der Waals surface area contributed by atoms with E-state index >= 15 is 0 Å². The van der Waals surface area contributed by atoms with Crippen LogP contribution in [0.5, 0.6) is 0 Å². The second kappa shape index (κ2) is 7.67. The van der Waals surface area contributed by atoms with Gasteiger partial charge in [0, 0.05) is 42.8 Å². The van der Waals surface area contributed by atoms with Crippen molar-refractivity contribution < 1.29 is 0 Å². The maximum atomic E-state index is 5.01. The van der Waals surface area contributed by atoms with Gasteiger partial charge >= 0.3 is 0 Å². The molecule has 1 aliphatic heterocycles. The summed E-state index contributed by atoms with van der Waals surface area (Å²) in [5, 5.41) is 16.6. The number of aromatic nitrogens is 6. The van der Waals surface area contributed by atoms with E-state index in [-0.39, 0.29) is 0 Å². The first-order valence-electron chi connectivity index (χ1n) is 10.1. The predicted octanol–water partition coefficient (Wildman–Crippen LogP) is 3.47. The number of hydrogen-bond donors (Lipinski definition) is 1. The number of aromatic amines is 1. The lowest BCUT2D eigenvalue weighted by Gasteiger charge is -2.30. The second-order valence-corrected chi connectivity index (χ2v) is 7.76. The number of H-pyrrole nitrogens is 1. The molecule has 4 aromatic rings. The molecule has 0 atom stereocenters. The van der Waals surface area contributed by atoms with Crippen molar-refractivity contribution in [2.45, 2.75) is 32.2 Å². The minimum atomic E-state index is 0.467. The van der Waals surface area contributed by atoms with Gasteiger partial charge in [0.1, 0.15) is 0 Å². The summed E-state index contributed by atoms with van der Waals surface area (Å²) in [6.45, 7) is 5.17. The normalized spacial score (nSPS) is 15.8. The monoisotopic (exact) mass is 387 g/mol. The SMILES string of the molecule is Cc1ccc(-n2nc(C3CCN(Cc4ccn[nH]4)CC3)cc2-n2cccn2)cc1. The standard InChI is InChI=1S/C22H25N7/c1-17-3-5-20(6-4-17)29-22(28-12-2-10-24-28)15-21(26-29)18-8-13-27(14-9-18)16-19-7-11-23-25-19/h2-7,10-12,15,18H,8-9,13-14,16H2,1H3,(H,23,25). The molecule has 29 heavy (non-hydrogen) atoms. The first-order valence-corrected chi connectivity index (χ1v) is 10.1. The smallest absolute Gasteiger partial charge is 0.157 e. The fraction of sp³-hybridized carbons (Fsp3) is 0.318. The Morgan fingerprint density at radius 3 is 2.59 bits per heavy atom. The number of rotatable bonds is 5. The highest BCUT2D eigenvalue weighted by atomic mass is 15.4. The Labute approximate surface area is 170 Å². The molecule has 5 rings (SSSR count). The molecule has 0 spiro atoms. The van der Waals surface area contributed by atoms with Gasteiger partial charge in [0.25, 0.3) is 0 Å². The van der Waals surface area contributed by atoms with Crippen LogP contribution in [0.25, 0.3) is 11.5 Å². The van der Waals surface area contributed by atoms with Gasteiger partial charge in [-0.2, -0.15) is 15.3 Å². The van der Waals surface area contributed by atoms with Gasteiger partial charge in [-0.3, -0.25) is 10.00 Å². The van der Waals surface area contributed by atoms with Crippen molar-refractivity contribution in [2.24, 2.45) is 0 Å². The fourth-order valence-electron chi connectivity index (χ4n) is 4.03. The Bertz CT molecular complexity index is 1040.